The molecule has 2 rings (SSSR count). The van der Waals surface area contributed by atoms with Gasteiger partial charge in [-0.3, -0.25) is 0 Å². The first-order chi connectivity index (χ1) is 10.3. The molecule has 0 aliphatic rings. The van der Waals surface area contributed by atoms with E-state index in [1.165, 1.54) is 16.7 Å². The Bertz CT molecular complexity index is 676. The van der Waals surface area contributed by atoms with Gasteiger partial charge in [-0.25, -0.2) is 0 Å². The van der Waals surface area contributed by atoms with Crippen LogP contribution in [0.3, 0.4) is 0 Å². The SMILES string of the molecule is CO/N=C(\c1ccc(C)cc1)c1ccc(C(C)(C)C)cc1C. The Labute approximate surface area is 133 Å². The average molecular weight is 295 g/mol. The lowest BCUT2D eigenvalue weighted by Crippen LogP contribution is -2.13. The molecule has 0 bridgehead atoms. The standard InChI is InChI=1S/C20H25NO/c1-14-7-9-16(10-8-14)19(21-22-6)18-12-11-17(13-15(18)2)20(3,4)5/h7-13H,1-6H3/b21-19+. The summed E-state index contributed by atoms with van der Waals surface area (Å²) in [7, 11) is 1.59. The minimum atomic E-state index is 0.145. The van der Waals surface area contributed by atoms with Crippen molar-refractivity contribution in [3.8, 4) is 0 Å². The highest BCUT2D eigenvalue weighted by Crippen LogP contribution is 2.25. The maximum Gasteiger partial charge on any atom is 0.117 e. The maximum absolute atomic E-state index is 5.08. The Morgan fingerprint density at radius 1 is 0.955 bits per heavy atom. The van der Waals surface area contributed by atoms with Gasteiger partial charge in [-0.15, -0.1) is 0 Å². The van der Waals surface area contributed by atoms with E-state index in [1.54, 1.807) is 7.11 Å². The first kappa shape index (κ1) is 16.3. The highest BCUT2D eigenvalue weighted by molar-refractivity contribution is 6.13. The first-order valence-electron chi connectivity index (χ1n) is 7.62. The third kappa shape index (κ3) is 3.56. The third-order valence-electron chi connectivity index (χ3n) is 3.86. The summed E-state index contributed by atoms with van der Waals surface area (Å²) in [4.78, 5) is 5.08. The average Bonchev–Trinajstić information content (AvgIpc) is 2.45. The van der Waals surface area contributed by atoms with Crippen molar-refractivity contribution in [3.63, 3.8) is 0 Å². The number of benzene rings is 2. The molecule has 116 valence electrons. The summed E-state index contributed by atoms with van der Waals surface area (Å²) in [6, 6.07) is 14.9. The molecule has 2 nitrogen and oxygen atoms in total. The van der Waals surface area contributed by atoms with Crippen molar-refractivity contribution in [2.75, 3.05) is 7.11 Å². The van der Waals surface area contributed by atoms with Crippen LogP contribution in [0, 0.1) is 13.8 Å². The van der Waals surface area contributed by atoms with Crippen LogP contribution in [0.4, 0.5) is 0 Å². The second-order valence-corrected chi connectivity index (χ2v) is 6.77. The van der Waals surface area contributed by atoms with Gasteiger partial charge in [0.25, 0.3) is 0 Å². The number of aryl methyl sites for hydroxylation is 2. The van der Waals surface area contributed by atoms with Gasteiger partial charge in [0.15, 0.2) is 0 Å². The molecule has 2 heteroatoms. The lowest BCUT2D eigenvalue weighted by Gasteiger charge is -2.21. The van der Waals surface area contributed by atoms with E-state index in [-0.39, 0.29) is 5.41 Å². The molecule has 0 aliphatic heterocycles. The van der Waals surface area contributed by atoms with E-state index in [1.807, 2.05) is 0 Å². The van der Waals surface area contributed by atoms with Gasteiger partial charge in [0.05, 0.1) is 0 Å². The number of nitrogens with zero attached hydrogens (tertiary/aromatic N) is 1. The van der Waals surface area contributed by atoms with Crippen molar-refractivity contribution < 1.29 is 4.84 Å². The summed E-state index contributed by atoms with van der Waals surface area (Å²) in [5, 5.41) is 4.26. The quantitative estimate of drug-likeness (QED) is 0.577. The highest BCUT2D eigenvalue weighted by atomic mass is 16.6. The zero-order valence-corrected chi connectivity index (χ0v) is 14.4. The number of hydrogen-bond donors (Lipinski definition) is 0. The molecular formula is C20H25NO. The van der Waals surface area contributed by atoms with Gasteiger partial charge in [0.2, 0.25) is 0 Å². The molecule has 2 aromatic carbocycles. The monoisotopic (exact) mass is 295 g/mol. The predicted octanol–water partition coefficient (Wildman–Crippen LogP) is 5.00. The molecule has 0 unspecified atom stereocenters. The van der Waals surface area contributed by atoms with Crippen LogP contribution in [0.1, 0.15) is 48.6 Å². The minimum Gasteiger partial charge on any atom is -0.399 e. The molecule has 0 heterocycles. The summed E-state index contributed by atoms with van der Waals surface area (Å²) in [6.07, 6.45) is 0. The van der Waals surface area contributed by atoms with Crippen molar-refractivity contribution in [1.29, 1.82) is 0 Å². The lowest BCUT2D eigenvalue weighted by atomic mass is 9.84. The number of rotatable bonds is 3. The van der Waals surface area contributed by atoms with Crippen molar-refractivity contribution in [2.24, 2.45) is 5.16 Å². The van der Waals surface area contributed by atoms with Crippen molar-refractivity contribution in [1.82, 2.24) is 0 Å². The van der Waals surface area contributed by atoms with Gasteiger partial charge in [-0.05, 0) is 30.4 Å². The second-order valence-electron chi connectivity index (χ2n) is 6.77. The summed E-state index contributed by atoms with van der Waals surface area (Å²) in [6.45, 7) is 10.9. The van der Waals surface area contributed by atoms with E-state index < -0.39 is 0 Å². The van der Waals surface area contributed by atoms with Crippen molar-refractivity contribution in [3.05, 3.63) is 70.3 Å². The summed E-state index contributed by atoms with van der Waals surface area (Å²) < 4.78 is 0. The lowest BCUT2D eigenvalue weighted by molar-refractivity contribution is 0.214. The van der Waals surface area contributed by atoms with Gasteiger partial charge in [-0.2, -0.15) is 0 Å². The van der Waals surface area contributed by atoms with Gasteiger partial charge in [0, 0.05) is 11.1 Å². The third-order valence-corrected chi connectivity index (χ3v) is 3.86. The van der Waals surface area contributed by atoms with E-state index in [2.05, 4.69) is 82.2 Å². The molecule has 0 aromatic heterocycles. The molecule has 2 aromatic rings. The fourth-order valence-electron chi connectivity index (χ4n) is 2.46. The van der Waals surface area contributed by atoms with E-state index in [0.717, 1.165) is 16.8 Å². The van der Waals surface area contributed by atoms with E-state index in [9.17, 15) is 0 Å². The molecular weight excluding hydrogens is 270 g/mol. The Balaban J connectivity index is 2.50. The van der Waals surface area contributed by atoms with Crippen LogP contribution in [-0.2, 0) is 10.3 Å². The van der Waals surface area contributed by atoms with Crippen LogP contribution in [-0.4, -0.2) is 12.8 Å². The predicted molar refractivity (Wildman–Crippen MR) is 93.7 cm³/mol. The Hall–Kier alpha value is -2.09. The first-order valence-corrected chi connectivity index (χ1v) is 7.62. The zero-order valence-electron chi connectivity index (χ0n) is 14.4. The van der Waals surface area contributed by atoms with Crippen LogP contribution >= 0.6 is 0 Å². The zero-order chi connectivity index (χ0) is 16.3. The van der Waals surface area contributed by atoms with E-state index in [4.69, 9.17) is 4.84 Å². The minimum absolute atomic E-state index is 0.145. The highest BCUT2D eigenvalue weighted by Gasteiger charge is 2.17. The molecule has 0 saturated carbocycles. The molecule has 0 N–H and O–H groups in total. The number of hydrogen-bond acceptors (Lipinski definition) is 2. The smallest absolute Gasteiger partial charge is 0.117 e. The van der Waals surface area contributed by atoms with Gasteiger partial charge in [0.1, 0.15) is 12.8 Å². The summed E-state index contributed by atoms with van der Waals surface area (Å²) >= 11 is 0. The molecule has 22 heavy (non-hydrogen) atoms. The molecule has 0 aliphatic carbocycles. The number of oxime groups is 1. The van der Waals surface area contributed by atoms with Crippen LogP contribution < -0.4 is 0 Å². The van der Waals surface area contributed by atoms with Crippen LogP contribution in [0.25, 0.3) is 0 Å². The second kappa shape index (κ2) is 6.35. The van der Waals surface area contributed by atoms with Crippen LogP contribution in [0.5, 0.6) is 0 Å². The van der Waals surface area contributed by atoms with Crippen molar-refractivity contribution >= 4 is 5.71 Å². The molecule has 0 amide bonds. The normalized spacial score (nSPS) is 12.4. The van der Waals surface area contributed by atoms with Gasteiger partial charge in [-0.1, -0.05) is 74.0 Å². The topological polar surface area (TPSA) is 21.6 Å². The van der Waals surface area contributed by atoms with Gasteiger partial charge < -0.3 is 4.84 Å². The molecule has 0 radical (unpaired) electrons. The van der Waals surface area contributed by atoms with Gasteiger partial charge >= 0.3 is 0 Å². The maximum atomic E-state index is 5.08. The van der Waals surface area contributed by atoms with Crippen LogP contribution in [0.15, 0.2) is 47.6 Å². The van der Waals surface area contributed by atoms with Crippen LogP contribution in [0.2, 0.25) is 0 Å². The van der Waals surface area contributed by atoms with E-state index in [0.29, 0.717) is 0 Å². The van der Waals surface area contributed by atoms with E-state index >= 15 is 0 Å². The summed E-state index contributed by atoms with van der Waals surface area (Å²) in [5.41, 5.74) is 6.97. The Morgan fingerprint density at radius 3 is 2.09 bits per heavy atom. The Kier molecular flexibility index (Phi) is 4.70. The molecule has 0 fully saturated rings. The molecule has 0 spiro atoms. The molecule has 0 saturated heterocycles. The largest absolute Gasteiger partial charge is 0.399 e. The Morgan fingerprint density at radius 2 is 1.59 bits per heavy atom. The fourth-order valence-corrected chi connectivity index (χ4v) is 2.46. The fraction of sp³-hybridized carbons (Fsp3) is 0.350. The van der Waals surface area contributed by atoms with Crippen molar-refractivity contribution in [2.45, 2.75) is 40.0 Å². The summed E-state index contributed by atoms with van der Waals surface area (Å²) in [5.74, 6) is 0. The molecule has 0 atom stereocenters.